The van der Waals surface area contributed by atoms with Crippen LogP contribution in [0.1, 0.15) is 19.4 Å². The third-order valence-electron chi connectivity index (χ3n) is 3.45. The highest BCUT2D eigenvalue weighted by Crippen LogP contribution is 2.28. The van der Waals surface area contributed by atoms with Gasteiger partial charge in [0.1, 0.15) is 6.54 Å². The Hall–Kier alpha value is -2.41. The topological polar surface area (TPSA) is 90.1 Å². The second-order valence-electron chi connectivity index (χ2n) is 5.77. The quantitative estimate of drug-likeness (QED) is 0.648. The van der Waals surface area contributed by atoms with Crippen molar-refractivity contribution in [1.29, 1.82) is 0 Å². The molecular weight excluding hydrogens is 320 g/mol. The summed E-state index contributed by atoms with van der Waals surface area (Å²) in [4.78, 5) is 21.9. The molecule has 0 aliphatic heterocycles. The Bertz CT molecular complexity index is 727. The van der Waals surface area contributed by atoms with Gasteiger partial charge in [0, 0.05) is 17.0 Å². The van der Waals surface area contributed by atoms with Gasteiger partial charge in [0.05, 0.1) is 17.4 Å². The van der Waals surface area contributed by atoms with Crippen LogP contribution in [0.5, 0.6) is 0 Å². The standard InChI is InChI=1S/C15H17ClN4O3/c1-15(2,11-5-3-4-6-12(11)16)10-17-14(21)9-19-8-7-13(18-19)20(22)23/h3-8H,9-10H2,1-2H3,(H,17,21). The third kappa shape index (κ3) is 4.29. The highest BCUT2D eigenvalue weighted by atomic mass is 35.5. The maximum Gasteiger partial charge on any atom is 0.389 e. The van der Waals surface area contributed by atoms with E-state index in [-0.39, 0.29) is 23.7 Å². The first-order chi connectivity index (χ1) is 10.8. The van der Waals surface area contributed by atoms with Crippen molar-refractivity contribution in [1.82, 2.24) is 15.1 Å². The summed E-state index contributed by atoms with van der Waals surface area (Å²) in [5.74, 6) is -0.558. The predicted molar refractivity (Wildman–Crippen MR) is 86.4 cm³/mol. The normalized spacial score (nSPS) is 11.3. The van der Waals surface area contributed by atoms with Crippen molar-refractivity contribution in [2.75, 3.05) is 6.54 Å². The van der Waals surface area contributed by atoms with E-state index in [9.17, 15) is 14.9 Å². The Balaban J connectivity index is 1.95. The molecule has 0 bridgehead atoms. The van der Waals surface area contributed by atoms with Crippen molar-refractivity contribution in [3.05, 3.63) is 57.2 Å². The van der Waals surface area contributed by atoms with Crippen LogP contribution in [0.4, 0.5) is 5.82 Å². The van der Waals surface area contributed by atoms with Crippen LogP contribution in [-0.2, 0) is 16.8 Å². The van der Waals surface area contributed by atoms with Crippen molar-refractivity contribution < 1.29 is 9.72 Å². The first-order valence-corrected chi connectivity index (χ1v) is 7.37. The number of nitrogens with zero attached hydrogens (tertiary/aromatic N) is 3. The number of carbonyl (C=O) groups excluding carboxylic acids is 1. The summed E-state index contributed by atoms with van der Waals surface area (Å²) in [5, 5.41) is 17.7. The summed E-state index contributed by atoms with van der Waals surface area (Å²) in [7, 11) is 0. The molecule has 2 aromatic rings. The van der Waals surface area contributed by atoms with Crippen molar-refractivity contribution in [2.45, 2.75) is 25.8 Å². The highest BCUT2D eigenvalue weighted by Gasteiger charge is 2.24. The smallest absolute Gasteiger partial charge is 0.358 e. The fraction of sp³-hybridized carbons (Fsp3) is 0.333. The van der Waals surface area contributed by atoms with E-state index >= 15 is 0 Å². The maximum atomic E-state index is 12.0. The van der Waals surface area contributed by atoms with E-state index in [1.54, 1.807) is 0 Å². The molecule has 1 heterocycles. The Morgan fingerprint density at radius 2 is 2.09 bits per heavy atom. The average Bonchev–Trinajstić information content (AvgIpc) is 2.94. The number of rotatable bonds is 6. The zero-order valence-corrected chi connectivity index (χ0v) is 13.6. The van der Waals surface area contributed by atoms with Crippen LogP contribution >= 0.6 is 11.6 Å². The number of nitrogens with one attached hydrogen (secondary N) is 1. The number of amides is 1. The first kappa shape index (κ1) is 17.0. The van der Waals surface area contributed by atoms with Gasteiger partial charge in [0.15, 0.2) is 0 Å². The minimum absolute atomic E-state index is 0.0769. The number of halogens is 1. The van der Waals surface area contributed by atoms with E-state index in [4.69, 9.17) is 11.6 Å². The van der Waals surface area contributed by atoms with Gasteiger partial charge in [0.2, 0.25) is 5.91 Å². The van der Waals surface area contributed by atoms with E-state index in [1.807, 2.05) is 38.1 Å². The van der Waals surface area contributed by atoms with E-state index in [0.29, 0.717) is 11.6 Å². The fourth-order valence-corrected chi connectivity index (χ4v) is 2.56. The molecule has 1 aromatic heterocycles. The van der Waals surface area contributed by atoms with Crippen LogP contribution in [0.15, 0.2) is 36.5 Å². The number of hydrogen-bond acceptors (Lipinski definition) is 4. The van der Waals surface area contributed by atoms with Gasteiger partial charge in [-0.3, -0.25) is 4.79 Å². The van der Waals surface area contributed by atoms with E-state index in [1.165, 1.54) is 16.9 Å². The lowest BCUT2D eigenvalue weighted by Gasteiger charge is -2.26. The summed E-state index contributed by atoms with van der Waals surface area (Å²) in [6.07, 6.45) is 1.40. The van der Waals surface area contributed by atoms with Gasteiger partial charge in [-0.1, -0.05) is 43.6 Å². The van der Waals surface area contributed by atoms with Crippen molar-refractivity contribution >= 4 is 23.3 Å². The van der Waals surface area contributed by atoms with Crippen molar-refractivity contribution in [3.63, 3.8) is 0 Å². The van der Waals surface area contributed by atoms with Crippen LogP contribution in [0.25, 0.3) is 0 Å². The molecule has 0 aliphatic carbocycles. The van der Waals surface area contributed by atoms with Crippen LogP contribution in [0, 0.1) is 10.1 Å². The van der Waals surface area contributed by atoms with Crippen LogP contribution in [0.3, 0.4) is 0 Å². The SMILES string of the molecule is CC(C)(CNC(=O)Cn1ccc([N+](=O)[O-])n1)c1ccccc1Cl. The molecule has 1 aromatic carbocycles. The summed E-state index contributed by atoms with van der Waals surface area (Å²) in [5.41, 5.74) is 0.598. The molecule has 8 heteroatoms. The summed E-state index contributed by atoms with van der Waals surface area (Å²) >= 11 is 6.20. The summed E-state index contributed by atoms with van der Waals surface area (Å²) in [6, 6.07) is 8.73. The van der Waals surface area contributed by atoms with E-state index < -0.39 is 4.92 Å². The van der Waals surface area contributed by atoms with Gasteiger partial charge in [-0.05, 0) is 16.6 Å². The Labute approximate surface area is 138 Å². The molecule has 0 atom stereocenters. The van der Waals surface area contributed by atoms with Gasteiger partial charge in [-0.2, -0.15) is 4.68 Å². The second-order valence-corrected chi connectivity index (χ2v) is 6.18. The predicted octanol–water partition coefficient (Wildman–Crippen LogP) is 2.54. The molecule has 0 fully saturated rings. The zero-order valence-electron chi connectivity index (χ0n) is 12.8. The minimum Gasteiger partial charge on any atom is -0.358 e. The van der Waals surface area contributed by atoms with E-state index in [2.05, 4.69) is 10.4 Å². The van der Waals surface area contributed by atoms with Crippen molar-refractivity contribution in [3.8, 4) is 0 Å². The molecule has 1 amide bonds. The van der Waals surface area contributed by atoms with Gasteiger partial charge in [-0.15, -0.1) is 0 Å². The molecule has 0 saturated carbocycles. The second kappa shape index (κ2) is 6.78. The van der Waals surface area contributed by atoms with Crippen LogP contribution in [-0.4, -0.2) is 27.2 Å². The Morgan fingerprint density at radius 3 is 2.70 bits per heavy atom. The van der Waals surface area contributed by atoms with Gasteiger partial charge in [-0.25, -0.2) is 0 Å². The van der Waals surface area contributed by atoms with Crippen LogP contribution < -0.4 is 5.32 Å². The number of nitro groups is 1. The average molecular weight is 337 g/mol. The number of carbonyl (C=O) groups is 1. The van der Waals surface area contributed by atoms with Crippen molar-refractivity contribution in [2.24, 2.45) is 0 Å². The molecule has 122 valence electrons. The van der Waals surface area contributed by atoms with Gasteiger partial charge in [0.25, 0.3) is 0 Å². The molecule has 0 saturated heterocycles. The molecule has 1 N–H and O–H groups in total. The largest absolute Gasteiger partial charge is 0.389 e. The number of aromatic nitrogens is 2. The molecular formula is C15H17ClN4O3. The molecule has 2 rings (SSSR count). The molecule has 0 aliphatic rings. The monoisotopic (exact) mass is 336 g/mol. The van der Waals surface area contributed by atoms with E-state index in [0.717, 1.165) is 5.56 Å². The summed E-state index contributed by atoms with van der Waals surface area (Å²) < 4.78 is 1.23. The maximum absolute atomic E-state index is 12.0. The Kier molecular flexibility index (Phi) is 5.00. The lowest BCUT2D eigenvalue weighted by molar-refractivity contribution is -0.389. The molecule has 0 spiro atoms. The zero-order chi connectivity index (χ0) is 17.0. The molecule has 0 unspecified atom stereocenters. The number of hydrogen-bond donors (Lipinski definition) is 1. The molecule has 23 heavy (non-hydrogen) atoms. The molecule has 0 radical (unpaired) electrons. The fourth-order valence-electron chi connectivity index (χ4n) is 2.16. The van der Waals surface area contributed by atoms with Gasteiger partial charge < -0.3 is 15.4 Å². The third-order valence-corrected chi connectivity index (χ3v) is 3.78. The minimum atomic E-state index is -0.602. The summed E-state index contributed by atoms with van der Waals surface area (Å²) in [6.45, 7) is 4.27. The highest BCUT2D eigenvalue weighted by molar-refractivity contribution is 6.31. The molecule has 7 nitrogen and oxygen atoms in total. The van der Waals surface area contributed by atoms with Crippen LogP contribution in [0.2, 0.25) is 5.02 Å². The number of benzene rings is 1. The Morgan fingerprint density at radius 1 is 1.39 bits per heavy atom. The van der Waals surface area contributed by atoms with Gasteiger partial charge >= 0.3 is 5.82 Å². The lowest BCUT2D eigenvalue weighted by atomic mass is 9.84. The lowest BCUT2D eigenvalue weighted by Crippen LogP contribution is -2.38. The first-order valence-electron chi connectivity index (χ1n) is 6.99.